The zero-order valence-electron chi connectivity index (χ0n) is 11.4. The molecule has 0 aromatic carbocycles. The molecule has 1 rings (SSSR count). The number of hydrogen-bond acceptors (Lipinski definition) is 4. The Bertz CT molecular complexity index is 451. The monoisotopic (exact) mass is 281 g/mol. The van der Waals surface area contributed by atoms with Crippen LogP contribution in [0.2, 0.25) is 0 Å². The van der Waals surface area contributed by atoms with Crippen LogP contribution in [0.3, 0.4) is 0 Å². The average molecular weight is 281 g/mol. The Balaban J connectivity index is 2.27. The minimum absolute atomic E-state index is 0.147. The highest BCUT2D eigenvalue weighted by molar-refractivity contribution is 5.87. The summed E-state index contributed by atoms with van der Waals surface area (Å²) in [7, 11) is 0. The third kappa shape index (κ3) is 6.14. The first kappa shape index (κ1) is 15.9. The molecule has 7 heteroatoms. The van der Waals surface area contributed by atoms with Crippen molar-refractivity contribution in [3.8, 4) is 0 Å². The van der Waals surface area contributed by atoms with E-state index in [4.69, 9.17) is 9.84 Å². The highest BCUT2D eigenvalue weighted by Crippen LogP contribution is 2.01. The van der Waals surface area contributed by atoms with Crippen LogP contribution in [0.25, 0.3) is 0 Å². The van der Waals surface area contributed by atoms with E-state index < -0.39 is 5.97 Å². The van der Waals surface area contributed by atoms with Gasteiger partial charge in [-0.1, -0.05) is 0 Å². The SMILES string of the molecule is CCOCCCNC(=O)NCc1cc(C(=O)O)ccn1. The van der Waals surface area contributed by atoms with Crippen LogP contribution in [0.15, 0.2) is 18.3 Å². The maximum absolute atomic E-state index is 11.5. The maximum atomic E-state index is 11.5. The Hall–Kier alpha value is -2.15. The van der Waals surface area contributed by atoms with E-state index in [0.717, 1.165) is 6.42 Å². The van der Waals surface area contributed by atoms with E-state index in [2.05, 4.69) is 15.6 Å². The number of carboxylic acids is 1. The summed E-state index contributed by atoms with van der Waals surface area (Å²) in [5, 5.41) is 14.1. The Morgan fingerprint density at radius 1 is 1.40 bits per heavy atom. The van der Waals surface area contributed by atoms with Crippen LogP contribution in [0.4, 0.5) is 4.79 Å². The van der Waals surface area contributed by atoms with E-state index in [1.807, 2.05) is 6.92 Å². The summed E-state index contributed by atoms with van der Waals surface area (Å²) in [4.78, 5) is 26.2. The van der Waals surface area contributed by atoms with Gasteiger partial charge in [0.2, 0.25) is 0 Å². The molecule has 1 aromatic heterocycles. The number of urea groups is 1. The summed E-state index contributed by atoms with van der Waals surface area (Å²) in [6.45, 7) is 3.89. The molecular weight excluding hydrogens is 262 g/mol. The van der Waals surface area contributed by atoms with Crippen molar-refractivity contribution in [2.45, 2.75) is 19.9 Å². The third-order valence-corrected chi connectivity index (χ3v) is 2.45. The molecule has 0 aliphatic heterocycles. The number of ether oxygens (including phenoxy) is 1. The van der Waals surface area contributed by atoms with E-state index in [0.29, 0.717) is 25.5 Å². The zero-order valence-corrected chi connectivity index (χ0v) is 11.4. The largest absolute Gasteiger partial charge is 0.478 e. The van der Waals surface area contributed by atoms with Crippen molar-refractivity contribution in [2.24, 2.45) is 0 Å². The van der Waals surface area contributed by atoms with Gasteiger partial charge < -0.3 is 20.5 Å². The fourth-order valence-corrected chi connectivity index (χ4v) is 1.46. The second-order valence-electron chi connectivity index (χ2n) is 4.00. The van der Waals surface area contributed by atoms with E-state index in [1.165, 1.54) is 18.3 Å². The number of carboxylic acid groups (broad SMARTS) is 1. The molecule has 0 bridgehead atoms. The highest BCUT2D eigenvalue weighted by atomic mass is 16.5. The number of aromatic nitrogens is 1. The Labute approximate surface area is 117 Å². The van der Waals surface area contributed by atoms with Gasteiger partial charge in [-0.05, 0) is 25.5 Å². The van der Waals surface area contributed by atoms with Crippen LogP contribution in [0.5, 0.6) is 0 Å². The number of rotatable bonds is 8. The molecule has 1 heterocycles. The quantitative estimate of drug-likeness (QED) is 0.617. The van der Waals surface area contributed by atoms with Crippen molar-refractivity contribution in [1.29, 1.82) is 0 Å². The molecule has 110 valence electrons. The van der Waals surface area contributed by atoms with Crippen molar-refractivity contribution in [2.75, 3.05) is 19.8 Å². The van der Waals surface area contributed by atoms with Crippen LogP contribution in [-0.4, -0.2) is 41.8 Å². The van der Waals surface area contributed by atoms with Crippen molar-refractivity contribution >= 4 is 12.0 Å². The van der Waals surface area contributed by atoms with Crippen molar-refractivity contribution in [1.82, 2.24) is 15.6 Å². The molecule has 0 aliphatic carbocycles. The zero-order chi connectivity index (χ0) is 14.8. The summed E-state index contributed by atoms with van der Waals surface area (Å²) in [5.41, 5.74) is 0.642. The van der Waals surface area contributed by atoms with Crippen LogP contribution >= 0.6 is 0 Å². The van der Waals surface area contributed by atoms with Gasteiger partial charge in [-0.25, -0.2) is 9.59 Å². The number of carbonyl (C=O) groups is 2. The molecule has 1 aromatic rings. The number of carbonyl (C=O) groups excluding carboxylic acids is 1. The minimum atomic E-state index is -1.02. The van der Waals surface area contributed by atoms with Gasteiger partial charge in [0, 0.05) is 26.0 Å². The first-order chi connectivity index (χ1) is 9.63. The molecule has 20 heavy (non-hydrogen) atoms. The van der Waals surface area contributed by atoms with Crippen molar-refractivity contribution in [3.05, 3.63) is 29.6 Å². The van der Waals surface area contributed by atoms with Crippen molar-refractivity contribution < 1.29 is 19.4 Å². The van der Waals surface area contributed by atoms with Crippen LogP contribution in [-0.2, 0) is 11.3 Å². The number of hydrogen-bond donors (Lipinski definition) is 3. The third-order valence-electron chi connectivity index (χ3n) is 2.45. The molecular formula is C13H19N3O4. The molecule has 7 nitrogen and oxygen atoms in total. The average Bonchev–Trinajstić information content (AvgIpc) is 2.45. The number of pyridine rings is 1. The lowest BCUT2D eigenvalue weighted by atomic mass is 10.2. The highest BCUT2D eigenvalue weighted by Gasteiger charge is 2.05. The van der Waals surface area contributed by atoms with Gasteiger partial charge in [-0.2, -0.15) is 0 Å². The van der Waals surface area contributed by atoms with Gasteiger partial charge in [0.25, 0.3) is 0 Å². The van der Waals surface area contributed by atoms with Gasteiger partial charge in [-0.3, -0.25) is 4.98 Å². The topological polar surface area (TPSA) is 101 Å². The summed E-state index contributed by atoms with van der Waals surface area (Å²) in [6.07, 6.45) is 2.15. The van der Waals surface area contributed by atoms with Crippen LogP contribution < -0.4 is 10.6 Å². The molecule has 0 atom stereocenters. The fraction of sp³-hybridized carbons (Fsp3) is 0.462. The van der Waals surface area contributed by atoms with E-state index in [9.17, 15) is 9.59 Å². The number of aromatic carboxylic acids is 1. The molecule has 0 saturated heterocycles. The number of nitrogens with zero attached hydrogens (tertiary/aromatic N) is 1. The second-order valence-corrected chi connectivity index (χ2v) is 4.00. The summed E-state index contributed by atoms with van der Waals surface area (Å²) < 4.78 is 5.14. The Morgan fingerprint density at radius 2 is 2.20 bits per heavy atom. The Kier molecular flexibility index (Phi) is 7.05. The lowest BCUT2D eigenvalue weighted by molar-refractivity contribution is 0.0696. The molecule has 0 radical (unpaired) electrons. The van der Waals surface area contributed by atoms with Gasteiger partial charge in [0.1, 0.15) is 0 Å². The minimum Gasteiger partial charge on any atom is -0.478 e. The standard InChI is InChI=1S/C13H19N3O4/c1-2-20-7-3-5-15-13(19)16-9-11-8-10(12(17)18)4-6-14-11/h4,6,8H,2-3,5,7,9H2,1H3,(H,17,18)(H2,15,16,19). The predicted molar refractivity (Wildman–Crippen MR) is 72.5 cm³/mol. The molecule has 2 amide bonds. The molecule has 0 spiro atoms. The Morgan fingerprint density at radius 3 is 2.90 bits per heavy atom. The number of amides is 2. The summed E-state index contributed by atoms with van der Waals surface area (Å²) in [6, 6.07) is 2.51. The van der Waals surface area contributed by atoms with Gasteiger partial charge >= 0.3 is 12.0 Å². The van der Waals surface area contributed by atoms with E-state index in [-0.39, 0.29) is 18.1 Å². The van der Waals surface area contributed by atoms with Gasteiger partial charge in [-0.15, -0.1) is 0 Å². The molecule has 3 N–H and O–H groups in total. The van der Waals surface area contributed by atoms with Gasteiger partial charge in [0.05, 0.1) is 17.8 Å². The fourth-order valence-electron chi connectivity index (χ4n) is 1.46. The van der Waals surface area contributed by atoms with E-state index >= 15 is 0 Å². The lowest BCUT2D eigenvalue weighted by Crippen LogP contribution is -2.36. The maximum Gasteiger partial charge on any atom is 0.335 e. The van der Waals surface area contributed by atoms with Crippen molar-refractivity contribution in [3.63, 3.8) is 0 Å². The van der Waals surface area contributed by atoms with Crippen LogP contribution in [0.1, 0.15) is 29.4 Å². The van der Waals surface area contributed by atoms with Crippen LogP contribution in [0, 0.1) is 0 Å². The lowest BCUT2D eigenvalue weighted by Gasteiger charge is -2.07. The predicted octanol–water partition coefficient (Wildman–Crippen LogP) is 1.01. The number of nitrogens with one attached hydrogen (secondary N) is 2. The van der Waals surface area contributed by atoms with E-state index in [1.54, 1.807) is 0 Å². The molecule has 0 fully saturated rings. The molecule has 0 unspecified atom stereocenters. The summed E-state index contributed by atoms with van der Waals surface area (Å²) in [5.74, 6) is -1.02. The molecule has 0 saturated carbocycles. The normalized spacial score (nSPS) is 10.1. The first-order valence-corrected chi connectivity index (χ1v) is 6.41. The second kappa shape index (κ2) is 8.87. The first-order valence-electron chi connectivity index (χ1n) is 6.41. The smallest absolute Gasteiger partial charge is 0.335 e. The van der Waals surface area contributed by atoms with Gasteiger partial charge in [0.15, 0.2) is 0 Å². The molecule has 0 aliphatic rings. The summed E-state index contributed by atoms with van der Waals surface area (Å²) >= 11 is 0.